The second-order valence-corrected chi connectivity index (χ2v) is 4.88. The van der Waals surface area contributed by atoms with E-state index >= 15 is 0 Å². The zero-order valence-corrected chi connectivity index (χ0v) is 10.3. The van der Waals surface area contributed by atoms with E-state index < -0.39 is 0 Å². The molecule has 1 aromatic carbocycles. The van der Waals surface area contributed by atoms with Gasteiger partial charge in [0.15, 0.2) is 5.82 Å². The molecule has 1 heterocycles. The van der Waals surface area contributed by atoms with Gasteiger partial charge in [0.1, 0.15) is 0 Å². The first-order valence-corrected chi connectivity index (χ1v) is 6.47. The van der Waals surface area contributed by atoms with E-state index in [0.29, 0.717) is 5.92 Å². The Morgan fingerprint density at radius 2 is 2.06 bits per heavy atom. The molecule has 1 aromatic heterocycles. The first kappa shape index (κ1) is 11.4. The lowest BCUT2D eigenvalue weighted by molar-refractivity contribution is 0.462. The van der Waals surface area contributed by atoms with Gasteiger partial charge in [-0.3, -0.25) is 0 Å². The SMILES string of the molecule is NCC1CCc2nc(-c3ccccc3)ncc2C1. The van der Waals surface area contributed by atoms with E-state index in [1.54, 1.807) is 0 Å². The number of aryl methyl sites for hydroxylation is 1. The predicted molar refractivity (Wildman–Crippen MR) is 72.0 cm³/mol. The highest BCUT2D eigenvalue weighted by atomic mass is 14.9. The molecule has 2 N–H and O–H groups in total. The van der Waals surface area contributed by atoms with Crippen LogP contribution in [-0.4, -0.2) is 16.5 Å². The van der Waals surface area contributed by atoms with Crippen molar-refractivity contribution in [3.63, 3.8) is 0 Å². The highest BCUT2D eigenvalue weighted by molar-refractivity contribution is 5.54. The van der Waals surface area contributed by atoms with Crippen molar-refractivity contribution in [3.8, 4) is 11.4 Å². The van der Waals surface area contributed by atoms with Gasteiger partial charge in [0.05, 0.1) is 0 Å². The summed E-state index contributed by atoms with van der Waals surface area (Å²) in [6.45, 7) is 0.764. The maximum Gasteiger partial charge on any atom is 0.159 e. The van der Waals surface area contributed by atoms with Crippen molar-refractivity contribution in [2.24, 2.45) is 11.7 Å². The van der Waals surface area contributed by atoms with Gasteiger partial charge < -0.3 is 5.73 Å². The number of aromatic nitrogens is 2. The molecule has 0 aliphatic heterocycles. The van der Waals surface area contributed by atoms with Crippen molar-refractivity contribution in [2.75, 3.05) is 6.54 Å². The lowest BCUT2D eigenvalue weighted by Gasteiger charge is -2.22. The van der Waals surface area contributed by atoms with E-state index in [1.807, 2.05) is 36.5 Å². The minimum atomic E-state index is 0.601. The van der Waals surface area contributed by atoms with Crippen LogP contribution in [0.25, 0.3) is 11.4 Å². The molecule has 3 nitrogen and oxygen atoms in total. The van der Waals surface area contributed by atoms with E-state index in [1.165, 1.54) is 11.3 Å². The van der Waals surface area contributed by atoms with Crippen LogP contribution in [-0.2, 0) is 12.8 Å². The summed E-state index contributed by atoms with van der Waals surface area (Å²) in [6, 6.07) is 10.1. The molecule has 0 bridgehead atoms. The average Bonchev–Trinajstić information content (AvgIpc) is 2.47. The van der Waals surface area contributed by atoms with E-state index in [0.717, 1.165) is 37.2 Å². The average molecular weight is 239 g/mol. The number of nitrogens with zero attached hydrogens (tertiary/aromatic N) is 2. The zero-order chi connectivity index (χ0) is 12.4. The molecule has 92 valence electrons. The Bertz CT molecular complexity index is 537. The lowest BCUT2D eigenvalue weighted by Crippen LogP contribution is -2.23. The third-order valence-electron chi connectivity index (χ3n) is 3.62. The van der Waals surface area contributed by atoms with Gasteiger partial charge in [-0.15, -0.1) is 0 Å². The highest BCUT2D eigenvalue weighted by Gasteiger charge is 2.19. The van der Waals surface area contributed by atoms with Crippen LogP contribution in [0.5, 0.6) is 0 Å². The minimum Gasteiger partial charge on any atom is -0.330 e. The topological polar surface area (TPSA) is 51.8 Å². The zero-order valence-electron chi connectivity index (χ0n) is 10.3. The predicted octanol–water partition coefficient (Wildman–Crippen LogP) is 2.21. The second-order valence-electron chi connectivity index (χ2n) is 4.88. The summed E-state index contributed by atoms with van der Waals surface area (Å²) in [6.07, 6.45) is 5.18. The lowest BCUT2D eigenvalue weighted by atomic mass is 9.87. The molecule has 1 atom stereocenters. The van der Waals surface area contributed by atoms with E-state index in [-0.39, 0.29) is 0 Å². The fourth-order valence-corrected chi connectivity index (χ4v) is 2.51. The molecule has 0 saturated carbocycles. The van der Waals surface area contributed by atoms with Crippen LogP contribution >= 0.6 is 0 Å². The van der Waals surface area contributed by atoms with Crippen LogP contribution in [0, 0.1) is 5.92 Å². The Balaban J connectivity index is 1.93. The molecule has 0 fully saturated rings. The van der Waals surface area contributed by atoms with Crippen molar-refractivity contribution >= 4 is 0 Å². The van der Waals surface area contributed by atoms with E-state index in [2.05, 4.69) is 4.98 Å². The van der Waals surface area contributed by atoms with Gasteiger partial charge in [-0.1, -0.05) is 30.3 Å². The molecule has 1 aliphatic rings. The summed E-state index contributed by atoms with van der Waals surface area (Å²) in [7, 11) is 0. The molecule has 1 aliphatic carbocycles. The Kier molecular flexibility index (Phi) is 3.07. The molecular weight excluding hydrogens is 222 g/mol. The molecule has 0 spiro atoms. The van der Waals surface area contributed by atoms with Gasteiger partial charge in [0.25, 0.3) is 0 Å². The summed E-state index contributed by atoms with van der Waals surface area (Å²) < 4.78 is 0. The third-order valence-corrected chi connectivity index (χ3v) is 3.62. The summed E-state index contributed by atoms with van der Waals surface area (Å²) in [5, 5.41) is 0. The van der Waals surface area contributed by atoms with Gasteiger partial charge in [-0.2, -0.15) is 0 Å². The molecule has 0 amide bonds. The molecule has 2 aromatic rings. The van der Waals surface area contributed by atoms with Crippen molar-refractivity contribution in [2.45, 2.75) is 19.3 Å². The molecule has 0 saturated heterocycles. The number of nitrogens with two attached hydrogens (primary N) is 1. The fourth-order valence-electron chi connectivity index (χ4n) is 2.51. The summed E-state index contributed by atoms with van der Waals surface area (Å²) in [5.41, 5.74) is 9.30. The van der Waals surface area contributed by atoms with Gasteiger partial charge in [-0.25, -0.2) is 9.97 Å². The van der Waals surface area contributed by atoms with Crippen molar-refractivity contribution < 1.29 is 0 Å². The van der Waals surface area contributed by atoms with Crippen molar-refractivity contribution in [1.29, 1.82) is 0 Å². The highest BCUT2D eigenvalue weighted by Crippen LogP contribution is 2.25. The van der Waals surface area contributed by atoms with Gasteiger partial charge >= 0.3 is 0 Å². The summed E-state index contributed by atoms with van der Waals surface area (Å²) in [4.78, 5) is 9.18. The largest absolute Gasteiger partial charge is 0.330 e. The maximum atomic E-state index is 5.74. The smallest absolute Gasteiger partial charge is 0.159 e. The third kappa shape index (κ3) is 2.14. The summed E-state index contributed by atoms with van der Waals surface area (Å²) in [5.74, 6) is 1.43. The van der Waals surface area contributed by atoms with Gasteiger partial charge in [0, 0.05) is 17.5 Å². The fraction of sp³-hybridized carbons (Fsp3) is 0.333. The second kappa shape index (κ2) is 4.86. The van der Waals surface area contributed by atoms with Gasteiger partial charge in [0.2, 0.25) is 0 Å². The van der Waals surface area contributed by atoms with Crippen LogP contribution < -0.4 is 5.73 Å². The van der Waals surface area contributed by atoms with Crippen LogP contribution in [0.1, 0.15) is 17.7 Å². The summed E-state index contributed by atoms with van der Waals surface area (Å²) >= 11 is 0. The van der Waals surface area contributed by atoms with E-state index in [4.69, 9.17) is 10.7 Å². The molecule has 1 unspecified atom stereocenters. The number of fused-ring (bicyclic) bond motifs is 1. The molecule has 18 heavy (non-hydrogen) atoms. The molecular formula is C15H17N3. The number of benzene rings is 1. The molecule has 0 radical (unpaired) electrons. The van der Waals surface area contributed by atoms with Crippen molar-refractivity contribution in [3.05, 3.63) is 47.8 Å². The maximum absolute atomic E-state index is 5.74. The number of hydrogen-bond acceptors (Lipinski definition) is 3. The normalized spacial score (nSPS) is 18.4. The Morgan fingerprint density at radius 3 is 2.83 bits per heavy atom. The van der Waals surface area contributed by atoms with Crippen LogP contribution in [0.3, 0.4) is 0 Å². The van der Waals surface area contributed by atoms with Crippen molar-refractivity contribution in [1.82, 2.24) is 9.97 Å². The molecule has 3 heteroatoms. The minimum absolute atomic E-state index is 0.601. The first-order chi connectivity index (χ1) is 8.86. The quantitative estimate of drug-likeness (QED) is 0.874. The Morgan fingerprint density at radius 1 is 1.22 bits per heavy atom. The van der Waals surface area contributed by atoms with E-state index in [9.17, 15) is 0 Å². The monoisotopic (exact) mass is 239 g/mol. The Labute approximate surface area is 107 Å². The van der Waals surface area contributed by atoms with Crippen LogP contribution in [0.4, 0.5) is 0 Å². The number of hydrogen-bond donors (Lipinski definition) is 1. The Hall–Kier alpha value is -1.74. The van der Waals surface area contributed by atoms with Crippen LogP contribution in [0.2, 0.25) is 0 Å². The molecule has 3 rings (SSSR count). The van der Waals surface area contributed by atoms with Crippen LogP contribution in [0.15, 0.2) is 36.5 Å². The number of rotatable bonds is 2. The van der Waals surface area contributed by atoms with Gasteiger partial charge in [-0.05, 0) is 37.3 Å². The first-order valence-electron chi connectivity index (χ1n) is 6.47. The standard InChI is InChI=1S/C15H17N3/c16-9-11-6-7-14-13(8-11)10-17-15(18-14)12-4-2-1-3-5-12/h1-5,10-11H,6-9,16H2.